The first-order chi connectivity index (χ1) is 10.6. The maximum atomic E-state index is 12.3. The summed E-state index contributed by atoms with van der Waals surface area (Å²) in [7, 11) is 0. The number of hydrogen-bond acceptors (Lipinski definition) is 3. The fourth-order valence-corrected chi connectivity index (χ4v) is 3.29. The van der Waals surface area contributed by atoms with Gasteiger partial charge in [-0.25, -0.2) is 0 Å². The third kappa shape index (κ3) is 3.14. The fourth-order valence-electron chi connectivity index (χ4n) is 3.29. The van der Waals surface area contributed by atoms with E-state index in [0.717, 1.165) is 25.1 Å². The Morgan fingerprint density at radius 2 is 2.14 bits per heavy atom. The van der Waals surface area contributed by atoms with Crippen molar-refractivity contribution in [2.24, 2.45) is 5.92 Å². The molecule has 118 valence electrons. The molecule has 0 bridgehead atoms. The van der Waals surface area contributed by atoms with Crippen LogP contribution in [0.2, 0.25) is 0 Å². The highest BCUT2D eigenvalue weighted by Gasteiger charge is 2.37. The molecule has 2 N–H and O–H groups in total. The summed E-state index contributed by atoms with van der Waals surface area (Å²) in [5.41, 5.74) is 1.11. The summed E-state index contributed by atoms with van der Waals surface area (Å²) in [6.07, 6.45) is 1.29. The van der Waals surface area contributed by atoms with Gasteiger partial charge in [0, 0.05) is 25.6 Å². The molecule has 0 aromatic heterocycles. The van der Waals surface area contributed by atoms with Crippen molar-refractivity contribution in [3.8, 4) is 0 Å². The number of nitrogens with zero attached hydrogens (tertiary/aromatic N) is 1. The van der Waals surface area contributed by atoms with Crippen molar-refractivity contribution >= 4 is 11.8 Å². The molecule has 22 heavy (non-hydrogen) atoms. The zero-order valence-electron chi connectivity index (χ0n) is 12.9. The average Bonchev–Trinajstić information content (AvgIpc) is 3.17. The maximum Gasteiger partial charge on any atom is 0.225 e. The van der Waals surface area contributed by atoms with Gasteiger partial charge in [-0.15, -0.1) is 0 Å². The number of hydrogen-bond donors (Lipinski definition) is 2. The van der Waals surface area contributed by atoms with Crippen molar-refractivity contribution in [2.75, 3.05) is 19.6 Å². The molecule has 3 atom stereocenters. The lowest BCUT2D eigenvalue weighted by molar-refractivity contribution is -0.130. The molecule has 5 nitrogen and oxygen atoms in total. The van der Waals surface area contributed by atoms with Crippen LogP contribution in [0.5, 0.6) is 0 Å². The summed E-state index contributed by atoms with van der Waals surface area (Å²) in [6, 6.07) is 10.2. The van der Waals surface area contributed by atoms with E-state index in [1.807, 2.05) is 42.2 Å². The number of likely N-dealkylation sites (tertiary alicyclic amines) is 1. The predicted molar refractivity (Wildman–Crippen MR) is 84.1 cm³/mol. The molecule has 2 heterocycles. The molecule has 1 aromatic carbocycles. The lowest BCUT2D eigenvalue weighted by Gasteiger charge is -2.25. The minimum absolute atomic E-state index is 0.0136. The highest BCUT2D eigenvalue weighted by Crippen LogP contribution is 2.28. The third-order valence-corrected chi connectivity index (χ3v) is 4.69. The van der Waals surface area contributed by atoms with Crippen LogP contribution in [-0.2, 0) is 9.59 Å². The molecular formula is C17H23N3O2. The summed E-state index contributed by atoms with van der Waals surface area (Å²) in [4.78, 5) is 26.4. The molecule has 0 radical (unpaired) electrons. The molecule has 0 saturated carbocycles. The predicted octanol–water partition coefficient (Wildman–Crippen LogP) is 1.07. The molecule has 0 spiro atoms. The first kappa shape index (κ1) is 15.0. The van der Waals surface area contributed by atoms with Gasteiger partial charge in [-0.3, -0.25) is 9.59 Å². The van der Waals surface area contributed by atoms with E-state index in [-0.39, 0.29) is 29.8 Å². The van der Waals surface area contributed by atoms with E-state index in [1.165, 1.54) is 0 Å². The number of carbonyl (C=O) groups is 2. The second-order valence-electron chi connectivity index (χ2n) is 6.23. The highest BCUT2D eigenvalue weighted by atomic mass is 16.2. The third-order valence-electron chi connectivity index (χ3n) is 4.69. The van der Waals surface area contributed by atoms with E-state index in [9.17, 15) is 9.59 Å². The topological polar surface area (TPSA) is 61.4 Å². The Balaban J connectivity index is 1.61. The molecule has 2 aliphatic heterocycles. The van der Waals surface area contributed by atoms with E-state index >= 15 is 0 Å². The van der Waals surface area contributed by atoms with Crippen LogP contribution in [0.3, 0.4) is 0 Å². The lowest BCUT2D eigenvalue weighted by atomic mass is 10.1. The van der Waals surface area contributed by atoms with Gasteiger partial charge in [0.2, 0.25) is 11.8 Å². The van der Waals surface area contributed by atoms with E-state index < -0.39 is 0 Å². The first-order valence-electron chi connectivity index (χ1n) is 8.00. The number of rotatable bonds is 4. The van der Waals surface area contributed by atoms with Crippen molar-refractivity contribution in [2.45, 2.75) is 31.8 Å². The zero-order chi connectivity index (χ0) is 15.5. The molecule has 2 aliphatic rings. The largest absolute Gasteiger partial charge is 0.352 e. The van der Waals surface area contributed by atoms with Gasteiger partial charge in [-0.05, 0) is 25.5 Å². The van der Waals surface area contributed by atoms with Gasteiger partial charge in [0.05, 0.1) is 12.0 Å². The van der Waals surface area contributed by atoms with Crippen LogP contribution in [-0.4, -0.2) is 42.4 Å². The van der Waals surface area contributed by atoms with Gasteiger partial charge >= 0.3 is 0 Å². The standard InChI is InChI=1S/C17H23N3O2/c1-12(13-5-3-2-4-6-13)20-11-14(9-16(20)21)17(22)19-15-7-8-18-10-15/h2-6,12,14-15,18H,7-11H2,1H3,(H,19,22). The Kier molecular flexibility index (Phi) is 4.43. The van der Waals surface area contributed by atoms with E-state index in [2.05, 4.69) is 10.6 Å². The van der Waals surface area contributed by atoms with Gasteiger partial charge in [-0.2, -0.15) is 0 Å². The van der Waals surface area contributed by atoms with Crippen LogP contribution in [0, 0.1) is 5.92 Å². The Hall–Kier alpha value is -1.88. The molecule has 3 unspecified atom stereocenters. The minimum Gasteiger partial charge on any atom is -0.352 e. The Morgan fingerprint density at radius 3 is 2.82 bits per heavy atom. The molecular weight excluding hydrogens is 278 g/mol. The van der Waals surface area contributed by atoms with Gasteiger partial charge in [0.1, 0.15) is 0 Å². The fraction of sp³-hybridized carbons (Fsp3) is 0.529. The Morgan fingerprint density at radius 1 is 1.36 bits per heavy atom. The van der Waals surface area contributed by atoms with Crippen molar-refractivity contribution in [1.82, 2.24) is 15.5 Å². The zero-order valence-corrected chi connectivity index (χ0v) is 12.9. The molecule has 0 aliphatic carbocycles. The highest BCUT2D eigenvalue weighted by molar-refractivity contribution is 5.89. The Bertz CT molecular complexity index is 540. The lowest BCUT2D eigenvalue weighted by Crippen LogP contribution is -2.41. The molecule has 2 fully saturated rings. The summed E-state index contributed by atoms with van der Waals surface area (Å²) in [6.45, 7) is 4.32. The first-order valence-corrected chi connectivity index (χ1v) is 8.00. The molecule has 2 amide bonds. The summed E-state index contributed by atoms with van der Waals surface area (Å²) in [5, 5.41) is 6.29. The number of benzene rings is 1. The van der Waals surface area contributed by atoms with Gasteiger partial charge in [0.25, 0.3) is 0 Å². The van der Waals surface area contributed by atoms with Crippen LogP contribution >= 0.6 is 0 Å². The normalized spacial score (nSPS) is 26.2. The summed E-state index contributed by atoms with van der Waals surface area (Å²) >= 11 is 0. The molecule has 2 saturated heterocycles. The number of amides is 2. The van der Waals surface area contributed by atoms with E-state index in [1.54, 1.807) is 0 Å². The van der Waals surface area contributed by atoms with Gasteiger partial charge < -0.3 is 15.5 Å². The number of carbonyl (C=O) groups excluding carboxylic acids is 2. The second-order valence-corrected chi connectivity index (χ2v) is 6.23. The van der Waals surface area contributed by atoms with Crippen LogP contribution in [0.25, 0.3) is 0 Å². The summed E-state index contributed by atoms with van der Waals surface area (Å²) in [5.74, 6) is -0.134. The van der Waals surface area contributed by atoms with Crippen LogP contribution in [0.1, 0.15) is 31.4 Å². The summed E-state index contributed by atoms with van der Waals surface area (Å²) < 4.78 is 0. The Labute approximate surface area is 131 Å². The SMILES string of the molecule is CC(c1ccccc1)N1CC(C(=O)NC2CCNC2)CC1=O. The second kappa shape index (κ2) is 6.48. The smallest absolute Gasteiger partial charge is 0.225 e. The molecule has 3 rings (SSSR count). The monoisotopic (exact) mass is 301 g/mol. The molecule has 1 aromatic rings. The van der Waals surface area contributed by atoms with Crippen molar-refractivity contribution < 1.29 is 9.59 Å². The molecule has 5 heteroatoms. The van der Waals surface area contributed by atoms with Gasteiger partial charge in [0.15, 0.2) is 0 Å². The minimum atomic E-state index is -0.223. The van der Waals surface area contributed by atoms with Crippen molar-refractivity contribution in [1.29, 1.82) is 0 Å². The van der Waals surface area contributed by atoms with Gasteiger partial charge in [-0.1, -0.05) is 30.3 Å². The quantitative estimate of drug-likeness (QED) is 0.874. The van der Waals surface area contributed by atoms with Crippen LogP contribution in [0.4, 0.5) is 0 Å². The van der Waals surface area contributed by atoms with E-state index in [0.29, 0.717) is 13.0 Å². The van der Waals surface area contributed by atoms with Crippen molar-refractivity contribution in [3.63, 3.8) is 0 Å². The maximum absolute atomic E-state index is 12.3. The van der Waals surface area contributed by atoms with Crippen LogP contribution < -0.4 is 10.6 Å². The average molecular weight is 301 g/mol. The van der Waals surface area contributed by atoms with E-state index in [4.69, 9.17) is 0 Å². The number of nitrogens with one attached hydrogen (secondary N) is 2. The van der Waals surface area contributed by atoms with Crippen LogP contribution in [0.15, 0.2) is 30.3 Å². The van der Waals surface area contributed by atoms with Crippen molar-refractivity contribution in [3.05, 3.63) is 35.9 Å².